The molecular formula is C18H15F2NO3. The minimum atomic E-state index is -1.06. The lowest BCUT2D eigenvalue weighted by Gasteiger charge is -2.04. The molecule has 1 amide bonds. The van der Waals surface area contributed by atoms with Gasteiger partial charge in [-0.2, -0.15) is 4.39 Å². The fraction of sp³-hybridized carbons (Fsp3) is 0.167. The number of ether oxygens (including phenoxy) is 2. The minimum Gasteiger partial charge on any atom is -0.494 e. The molecule has 0 bridgehead atoms. The summed E-state index contributed by atoms with van der Waals surface area (Å²) in [6.07, 6.45) is -0.615. The molecule has 0 saturated carbocycles. The average Bonchev–Trinajstić information content (AvgIpc) is 2.60. The number of rotatable bonds is 4. The maximum absolute atomic E-state index is 13.3. The number of alkyl carbamates (subject to hydrolysis) is 1. The van der Waals surface area contributed by atoms with E-state index in [-0.39, 0.29) is 24.5 Å². The molecule has 1 N–H and O–H groups in total. The van der Waals surface area contributed by atoms with E-state index >= 15 is 0 Å². The number of methoxy groups -OCH3 is 1. The summed E-state index contributed by atoms with van der Waals surface area (Å²) in [4.78, 5) is 11.5. The van der Waals surface area contributed by atoms with Gasteiger partial charge in [0.15, 0.2) is 11.6 Å². The Hall–Kier alpha value is -3.07. The minimum absolute atomic E-state index is 0.00886. The van der Waals surface area contributed by atoms with E-state index in [0.29, 0.717) is 0 Å². The van der Waals surface area contributed by atoms with Gasteiger partial charge in [0.2, 0.25) is 5.82 Å². The summed E-state index contributed by atoms with van der Waals surface area (Å²) >= 11 is 0. The second kappa shape index (κ2) is 8.53. The molecule has 0 radical (unpaired) electrons. The molecule has 0 aliphatic rings. The number of carbonyl (C=O) groups excluding carboxylic acids is 1. The molecule has 0 aromatic heterocycles. The predicted octanol–water partition coefficient (Wildman–Crippen LogP) is 3.25. The van der Waals surface area contributed by atoms with Crippen LogP contribution in [0.5, 0.6) is 5.75 Å². The van der Waals surface area contributed by atoms with Gasteiger partial charge in [-0.05, 0) is 17.7 Å². The van der Waals surface area contributed by atoms with Crippen molar-refractivity contribution < 1.29 is 23.0 Å². The van der Waals surface area contributed by atoms with Crippen molar-refractivity contribution in [3.8, 4) is 17.6 Å². The van der Waals surface area contributed by atoms with E-state index in [1.807, 2.05) is 30.3 Å². The maximum atomic E-state index is 13.3. The zero-order valence-electron chi connectivity index (χ0n) is 12.9. The molecule has 0 spiro atoms. The number of halogens is 2. The predicted molar refractivity (Wildman–Crippen MR) is 84.4 cm³/mol. The van der Waals surface area contributed by atoms with Crippen molar-refractivity contribution in [2.45, 2.75) is 6.61 Å². The Balaban J connectivity index is 1.83. The van der Waals surface area contributed by atoms with Crippen LogP contribution in [-0.4, -0.2) is 19.7 Å². The molecule has 6 heteroatoms. The van der Waals surface area contributed by atoms with Gasteiger partial charge < -0.3 is 14.8 Å². The summed E-state index contributed by atoms with van der Waals surface area (Å²) in [6.45, 7) is 0.162. The van der Waals surface area contributed by atoms with Gasteiger partial charge >= 0.3 is 6.09 Å². The molecule has 2 aromatic carbocycles. The SMILES string of the molecule is COc1cc(C#CCNC(=O)OCc2ccccc2)cc(F)c1F. The number of nitrogens with one attached hydrogen (secondary N) is 1. The molecule has 2 aromatic rings. The third-order valence-electron chi connectivity index (χ3n) is 2.98. The summed E-state index contributed by atoms with van der Waals surface area (Å²) in [6, 6.07) is 11.5. The van der Waals surface area contributed by atoms with Crippen LogP contribution in [0.25, 0.3) is 0 Å². The van der Waals surface area contributed by atoms with E-state index in [4.69, 9.17) is 9.47 Å². The van der Waals surface area contributed by atoms with E-state index in [2.05, 4.69) is 17.2 Å². The zero-order chi connectivity index (χ0) is 17.4. The van der Waals surface area contributed by atoms with Gasteiger partial charge in [-0.3, -0.25) is 0 Å². The van der Waals surface area contributed by atoms with Crippen molar-refractivity contribution in [2.24, 2.45) is 0 Å². The molecule has 24 heavy (non-hydrogen) atoms. The van der Waals surface area contributed by atoms with Gasteiger partial charge in [0.25, 0.3) is 0 Å². The number of hydrogen-bond acceptors (Lipinski definition) is 3. The van der Waals surface area contributed by atoms with E-state index in [9.17, 15) is 13.6 Å². The van der Waals surface area contributed by atoms with Crippen LogP contribution >= 0.6 is 0 Å². The van der Waals surface area contributed by atoms with Crippen molar-refractivity contribution in [3.63, 3.8) is 0 Å². The molecule has 0 atom stereocenters. The third kappa shape index (κ3) is 4.99. The lowest BCUT2D eigenvalue weighted by Crippen LogP contribution is -2.24. The summed E-state index contributed by atoms with van der Waals surface area (Å²) < 4.78 is 36.3. The molecule has 0 aliphatic carbocycles. The van der Waals surface area contributed by atoms with Gasteiger partial charge in [0.1, 0.15) is 6.61 Å². The first kappa shape index (κ1) is 17.3. The van der Waals surface area contributed by atoms with Crippen molar-refractivity contribution in [3.05, 3.63) is 65.2 Å². The normalized spacial score (nSPS) is 9.62. The summed E-state index contributed by atoms with van der Waals surface area (Å²) in [5, 5.41) is 2.44. The summed E-state index contributed by atoms with van der Waals surface area (Å²) in [5.41, 5.74) is 1.11. The van der Waals surface area contributed by atoms with Crippen LogP contribution in [0.1, 0.15) is 11.1 Å². The highest BCUT2D eigenvalue weighted by molar-refractivity contribution is 5.67. The van der Waals surface area contributed by atoms with Crippen LogP contribution in [0.4, 0.5) is 13.6 Å². The number of amides is 1. The first-order valence-electron chi connectivity index (χ1n) is 7.06. The van der Waals surface area contributed by atoms with E-state index < -0.39 is 17.7 Å². The van der Waals surface area contributed by atoms with Crippen LogP contribution in [0.2, 0.25) is 0 Å². The van der Waals surface area contributed by atoms with Crippen molar-refractivity contribution in [1.29, 1.82) is 0 Å². The molecular weight excluding hydrogens is 316 g/mol. The standard InChI is InChI=1S/C18H15F2NO3/c1-23-16-11-14(10-15(19)17(16)20)8-5-9-21-18(22)24-12-13-6-3-2-4-7-13/h2-4,6-7,10-11H,9,12H2,1H3,(H,21,22). The lowest BCUT2D eigenvalue weighted by molar-refractivity contribution is 0.141. The Morgan fingerprint density at radius 1 is 1.21 bits per heavy atom. The van der Waals surface area contributed by atoms with Crippen LogP contribution in [0, 0.1) is 23.5 Å². The van der Waals surface area contributed by atoms with Crippen molar-refractivity contribution in [2.75, 3.05) is 13.7 Å². The molecule has 0 aliphatic heterocycles. The van der Waals surface area contributed by atoms with Gasteiger partial charge in [-0.15, -0.1) is 0 Å². The van der Waals surface area contributed by atoms with Crippen LogP contribution < -0.4 is 10.1 Å². The summed E-state index contributed by atoms with van der Waals surface area (Å²) in [5.74, 6) is 2.89. The molecule has 124 valence electrons. The second-order valence-electron chi connectivity index (χ2n) is 4.69. The Morgan fingerprint density at radius 2 is 1.96 bits per heavy atom. The van der Waals surface area contributed by atoms with Gasteiger partial charge in [-0.25, -0.2) is 9.18 Å². The van der Waals surface area contributed by atoms with Crippen molar-refractivity contribution in [1.82, 2.24) is 5.32 Å². The smallest absolute Gasteiger partial charge is 0.408 e. The molecule has 4 nitrogen and oxygen atoms in total. The highest BCUT2D eigenvalue weighted by Crippen LogP contribution is 2.21. The van der Waals surface area contributed by atoms with E-state index in [0.717, 1.165) is 11.6 Å². The Bertz CT molecular complexity index is 767. The molecule has 2 rings (SSSR count). The van der Waals surface area contributed by atoms with E-state index in [1.165, 1.54) is 13.2 Å². The van der Waals surface area contributed by atoms with Crippen LogP contribution in [-0.2, 0) is 11.3 Å². The van der Waals surface area contributed by atoms with E-state index in [1.54, 1.807) is 0 Å². The summed E-state index contributed by atoms with van der Waals surface area (Å²) in [7, 11) is 1.24. The Kier molecular flexibility index (Phi) is 6.15. The third-order valence-corrected chi connectivity index (χ3v) is 2.98. The topological polar surface area (TPSA) is 47.6 Å². The monoisotopic (exact) mass is 331 g/mol. The Labute approximate surface area is 138 Å². The Morgan fingerprint density at radius 3 is 2.67 bits per heavy atom. The van der Waals surface area contributed by atoms with Crippen LogP contribution in [0.3, 0.4) is 0 Å². The second-order valence-corrected chi connectivity index (χ2v) is 4.69. The van der Waals surface area contributed by atoms with Crippen molar-refractivity contribution >= 4 is 6.09 Å². The zero-order valence-corrected chi connectivity index (χ0v) is 12.9. The quantitative estimate of drug-likeness (QED) is 0.875. The highest BCUT2D eigenvalue weighted by atomic mass is 19.2. The molecule has 0 fully saturated rings. The molecule has 0 saturated heterocycles. The van der Waals surface area contributed by atoms with Gasteiger partial charge in [0, 0.05) is 5.56 Å². The number of benzene rings is 2. The maximum Gasteiger partial charge on any atom is 0.408 e. The van der Waals surface area contributed by atoms with Crippen LogP contribution in [0.15, 0.2) is 42.5 Å². The number of carbonyl (C=O) groups is 1. The lowest BCUT2D eigenvalue weighted by atomic mass is 10.2. The fourth-order valence-corrected chi connectivity index (χ4v) is 1.82. The largest absolute Gasteiger partial charge is 0.494 e. The molecule has 0 heterocycles. The van der Waals surface area contributed by atoms with Gasteiger partial charge in [0.05, 0.1) is 13.7 Å². The van der Waals surface area contributed by atoms with Gasteiger partial charge in [-0.1, -0.05) is 42.2 Å². The highest BCUT2D eigenvalue weighted by Gasteiger charge is 2.10. The molecule has 0 unspecified atom stereocenters. The first-order chi connectivity index (χ1) is 11.6. The average molecular weight is 331 g/mol. The first-order valence-corrected chi connectivity index (χ1v) is 7.06. The number of hydrogen-bond donors (Lipinski definition) is 1. The fourth-order valence-electron chi connectivity index (χ4n) is 1.82.